The van der Waals surface area contributed by atoms with E-state index in [1.165, 1.54) is 0 Å². The Labute approximate surface area is 83.1 Å². The SMILES string of the molecule is C(=N\[n+]1ccccc1)/c1ccccc1. The molecule has 1 heterocycles. The van der Waals surface area contributed by atoms with Gasteiger partial charge in [-0.3, -0.25) is 0 Å². The minimum atomic E-state index is 1.10. The summed E-state index contributed by atoms with van der Waals surface area (Å²) in [5, 5.41) is 4.27. The summed E-state index contributed by atoms with van der Waals surface area (Å²) < 4.78 is 1.77. The Morgan fingerprint density at radius 2 is 1.50 bits per heavy atom. The Hall–Kier alpha value is -1.96. The Morgan fingerprint density at radius 1 is 0.857 bits per heavy atom. The second-order valence-electron chi connectivity index (χ2n) is 2.91. The molecule has 0 fully saturated rings. The second kappa shape index (κ2) is 4.33. The molecule has 0 bridgehead atoms. The first-order chi connectivity index (χ1) is 6.95. The zero-order chi connectivity index (χ0) is 9.64. The maximum absolute atomic E-state index is 4.27. The molecule has 2 nitrogen and oxygen atoms in total. The molecular weight excluding hydrogens is 172 g/mol. The number of nitrogens with zero attached hydrogens (tertiary/aromatic N) is 2. The van der Waals surface area contributed by atoms with Crippen LogP contribution in [0.5, 0.6) is 0 Å². The van der Waals surface area contributed by atoms with Crippen molar-refractivity contribution in [2.24, 2.45) is 5.10 Å². The van der Waals surface area contributed by atoms with Crippen LogP contribution >= 0.6 is 0 Å². The third-order valence-electron chi connectivity index (χ3n) is 1.84. The van der Waals surface area contributed by atoms with E-state index in [1.807, 2.05) is 67.1 Å². The van der Waals surface area contributed by atoms with E-state index in [2.05, 4.69) is 5.10 Å². The first kappa shape index (κ1) is 8.63. The molecular formula is C12H11N2+. The summed E-state index contributed by atoms with van der Waals surface area (Å²) in [7, 11) is 0. The normalized spacial score (nSPS) is 10.6. The monoisotopic (exact) mass is 183 g/mol. The first-order valence-electron chi connectivity index (χ1n) is 4.51. The van der Waals surface area contributed by atoms with Crippen LogP contribution in [0.1, 0.15) is 5.56 Å². The third kappa shape index (κ3) is 2.26. The van der Waals surface area contributed by atoms with Crippen LogP contribution in [0.3, 0.4) is 0 Å². The number of hydrogen-bond acceptors (Lipinski definition) is 1. The van der Waals surface area contributed by atoms with Crippen molar-refractivity contribution in [3.8, 4) is 0 Å². The van der Waals surface area contributed by atoms with Crippen molar-refractivity contribution >= 4 is 6.21 Å². The highest BCUT2D eigenvalue weighted by atomic mass is 15.3. The molecule has 1 aromatic heterocycles. The molecule has 0 saturated heterocycles. The lowest BCUT2D eigenvalue weighted by atomic mass is 10.2. The van der Waals surface area contributed by atoms with Crippen molar-refractivity contribution in [1.29, 1.82) is 0 Å². The second-order valence-corrected chi connectivity index (χ2v) is 2.91. The summed E-state index contributed by atoms with van der Waals surface area (Å²) in [6.45, 7) is 0. The maximum atomic E-state index is 4.27. The lowest BCUT2D eigenvalue weighted by Crippen LogP contribution is -2.25. The van der Waals surface area contributed by atoms with E-state index in [-0.39, 0.29) is 0 Å². The van der Waals surface area contributed by atoms with Gasteiger partial charge in [0.2, 0.25) is 12.4 Å². The van der Waals surface area contributed by atoms with Crippen LogP contribution in [0.15, 0.2) is 66.0 Å². The summed E-state index contributed by atoms with van der Waals surface area (Å²) in [5.41, 5.74) is 1.10. The Morgan fingerprint density at radius 3 is 2.21 bits per heavy atom. The van der Waals surface area contributed by atoms with Gasteiger partial charge >= 0.3 is 0 Å². The number of benzene rings is 1. The van der Waals surface area contributed by atoms with Gasteiger partial charge in [0.25, 0.3) is 0 Å². The minimum absolute atomic E-state index is 1.10. The van der Waals surface area contributed by atoms with E-state index < -0.39 is 0 Å². The average molecular weight is 183 g/mol. The molecule has 0 aliphatic carbocycles. The van der Waals surface area contributed by atoms with Gasteiger partial charge in [-0.1, -0.05) is 41.1 Å². The van der Waals surface area contributed by atoms with Crippen LogP contribution in [0.2, 0.25) is 0 Å². The minimum Gasteiger partial charge on any atom is -0.0622 e. The summed E-state index contributed by atoms with van der Waals surface area (Å²) in [6, 6.07) is 15.9. The zero-order valence-corrected chi connectivity index (χ0v) is 7.75. The van der Waals surface area contributed by atoms with Crippen LogP contribution in [0, 0.1) is 0 Å². The summed E-state index contributed by atoms with van der Waals surface area (Å²) in [6.07, 6.45) is 5.64. The van der Waals surface area contributed by atoms with Crippen molar-refractivity contribution in [3.63, 3.8) is 0 Å². The lowest BCUT2D eigenvalue weighted by molar-refractivity contribution is -0.678. The quantitative estimate of drug-likeness (QED) is 0.499. The lowest BCUT2D eigenvalue weighted by Gasteiger charge is -1.87. The maximum Gasteiger partial charge on any atom is 0.202 e. The molecule has 0 unspecified atom stereocenters. The van der Waals surface area contributed by atoms with Crippen molar-refractivity contribution in [1.82, 2.24) is 0 Å². The molecule has 1 aromatic carbocycles. The van der Waals surface area contributed by atoms with Gasteiger partial charge in [-0.15, -0.1) is 0 Å². The Balaban J connectivity index is 2.16. The fourth-order valence-corrected chi connectivity index (χ4v) is 1.14. The van der Waals surface area contributed by atoms with Gasteiger partial charge in [-0.2, -0.15) is 0 Å². The fraction of sp³-hybridized carbons (Fsp3) is 0. The van der Waals surface area contributed by atoms with Crippen molar-refractivity contribution in [2.75, 3.05) is 0 Å². The first-order valence-corrected chi connectivity index (χ1v) is 4.51. The van der Waals surface area contributed by atoms with E-state index in [0.717, 1.165) is 5.56 Å². The molecule has 0 amide bonds. The predicted molar refractivity (Wildman–Crippen MR) is 56.1 cm³/mol. The van der Waals surface area contributed by atoms with Crippen molar-refractivity contribution < 1.29 is 4.68 Å². The molecule has 0 saturated carbocycles. The van der Waals surface area contributed by atoms with E-state index in [1.54, 1.807) is 4.68 Å². The smallest absolute Gasteiger partial charge is 0.0622 e. The number of aromatic nitrogens is 1. The highest BCUT2D eigenvalue weighted by Gasteiger charge is 1.91. The average Bonchev–Trinajstić information content (AvgIpc) is 2.29. The van der Waals surface area contributed by atoms with Crippen LogP contribution in [-0.4, -0.2) is 6.21 Å². The van der Waals surface area contributed by atoms with Gasteiger partial charge in [-0.05, 0) is 10.7 Å². The molecule has 68 valence electrons. The Kier molecular flexibility index (Phi) is 2.67. The van der Waals surface area contributed by atoms with Crippen molar-refractivity contribution in [2.45, 2.75) is 0 Å². The van der Waals surface area contributed by atoms with Crippen molar-refractivity contribution in [3.05, 3.63) is 66.5 Å². The van der Waals surface area contributed by atoms with Gasteiger partial charge in [-0.25, -0.2) is 0 Å². The van der Waals surface area contributed by atoms with Crippen LogP contribution < -0.4 is 4.68 Å². The summed E-state index contributed by atoms with van der Waals surface area (Å²) in [4.78, 5) is 0. The molecule has 0 spiro atoms. The summed E-state index contributed by atoms with van der Waals surface area (Å²) in [5.74, 6) is 0. The molecule has 2 aromatic rings. The molecule has 2 rings (SSSR count). The standard InChI is InChI=1S/C12H11N2/c1-3-7-12(8-4-1)11-13-14-9-5-2-6-10-14/h1-11H/q+1/b13-11+. The number of pyridine rings is 1. The van der Waals surface area contributed by atoms with Gasteiger partial charge in [0.05, 0.1) is 0 Å². The molecule has 0 aliphatic heterocycles. The van der Waals surface area contributed by atoms with Crippen LogP contribution in [0.4, 0.5) is 0 Å². The number of hydrogen-bond donors (Lipinski definition) is 0. The largest absolute Gasteiger partial charge is 0.202 e. The molecule has 0 radical (unpaired) electrons. The highest BCUT2D eigenvalue weighted by Crippen LogP contribution is 1.92. The van der Waals surface area contributed by atoms with Crippen LogP contribution in [-0.2, 0) is 0 Å². The molecule has 0 atom stereocenters. The van der Waals surface area contributed by atoms with E-state index >= 15 is 0 Å². The van der Waals surface area contributed by atoms with E-state index in [0.29, 0.717) is 0 Å². The molecule has 0 aliphatic rings. The van der Waals surface area contributed by atoms with E-state index in [4.69, 9.17) is 0 Å². The van der Waals surface area contributed by atoms with Gasteiger partial charge in [0, 0.05) is 12.1 Å². The fourth-order valence-electron chi connectivity index (χ4n) is 1.14. The van der Waals surface area contributed by atoms with Gasteiger partial charge < -0.3 is 0 Å². The molecule has 14 heavy (non-hydrogen) atoms. The van der Waals surface area contributed by atoms with Gasteiger partial charge in [0.1, 0.15) is 6.21 Å². The zero-order valence-electron chi connectivity index (χ0n) is 7.75. The molecule has 2 heteroatoms. The highest BCUT2D eigenvalue weighted by molar-refractivity contribution is 5.78. The van der Waals surface area contributed by atoms with Crippen LogP contribution in [0.25, 0.3) is 0 Å². The number of rotatable bonds is 2. The molecule has 0 N–H and O–H groups in total. The predicted octanol–water partition coefficient (Wildman–Crippen LogP) is 1.86. The summed E-state index contributed by atoms with van der Waals surface area (Å²) >= 11 is 0. The Bertz CT molecular complexity index is 365. The third-order valence-corrected chi connectivity index (χ3v) is 1.84. The van der Waals surface area contributed by atoms with E-state index in [9.17, 15) is 0 Å². The topological polar surface area (TPSA) is 16.2 Å². The van der Waals surface area contributed by atoms with Gasteiger partial charge in [0.15, 0.2) is 0 Å².